The standard InChI is InChI=1S/C17H32N4O3/c1-12-11-22-6-7-24-14-2-3-16-15(8-14)17(20-19-16)13-9-18-21(10-13)4-5-23-12/h12-20H,2-11H2,1H3/t12-,13?,14?,15?,16?,17?/m1/s1. The normalized spacial score (nSPS) is 47.6. The van der Waals surface area contributed by atoms with Gasteiger partial charge in [-0.3, -0.25) is 16.3 Å². The Labute approximate surface area is 144 Å². The largest absolute Gasteiger partial charge is 0.376 e. The number of nitrogens with one attached hydrogen (secondary N) is 3. The summed E-state index contributed by atoms with van der Waals surface area (Å²) in [4.78, 5) is 0. The number of ether oxygens (including phenoxy) is 3. The topological polar surface area (TPSA) is 67.0 Å². The molecule has 4 aliphatic rings. The Morgan fingerprint density at radius 1 is 1.04 bits per heavy atom. The fourth-order valence-electron chi connectivity index (χ4n) is 4.68. The van der Waals surface area contributed by atoms with Gasteiger partial charge in [0, 0.05) is 37.6 Å². The summed E-state index contributed by atoms with van der Waals surface area (Å²) in [5.74, 6) is 1.31. The quantitative estimate of drug-likeness (QED) is 0.568. The summed E-state index contributed by atoms with van der Waals surface area (Å²) < 4.78 is 17.7. The highest BCUT2D eigenvalue weighted by atomic mass is 16.5. The van der Waals surface area contributed by atoms with Crippen molar-refractivity contribution < 1.29 is 14.2 Å². The maximum Gasteiger partial charge on any atom is 0.0781 e. The molecule has 0 radical (unpaired) electrons. The van der Waals surface area contributed by atoms with Gasteiger partial charge >= 0.3 is 0 Å². The predicted molar refractivity (Wildman–Crippen MR) is 90.2 cm³/mol. The fourth-order valence-corrected chi connectivity index (χ4v) is 4.68. The van der Waals surface area contributed by atoms with Crippen LogP contribution in [0.15, 0.2) is 0 Å². The average Bonchev–Trinajstić information content (AvgIpc) is 3.20. The molecule has 3 aliphatic heterocycles. The van der Waals surface area contributed by atoms with E-state index in [1.807, 2.05) is 0 Å². The predicted octanol–water partition coefficient (Wildman–Crippen LogP) is -0.112. The van der Waals surface area contributed by atoms with E-state index in [4.69, 9.17) is 14.2 Å². The van der Waals surface area contributed by atoms with Gasteiger partial charge in [-0.25, -0.2) is 5.01 Å². The second kappa shape index (κ2) is 7.95. The van der Waals surface area contributed by atoms with Crippen LogP contribution in [0.25, 0.3) is 0 Å². The minimum Gasteiger partial charge on any atom is -0.376 e. The molecule has 7 heteroatoms. The van der Waals surface area contributed by atoms with Gasteiger partial charge in [0.15, 0.2) is 0 Å². The Kier molecular flexibility index (Phi) is 5.68. The van der Waals surface area contributed by atoms with Crippen LogP contribution in [0.1, 0.15) is 26.2 Å². The molecule has 4 bridgehead atoms. The molecule has 1 saturated carbocycles. The van der Waals surface area contributed by atoms with Crippen LogP contribution in [0.2, 0.25) is 0 Å². The molecule has 0 spiro atoms. The lowest BCUT2D eigenvalue weighted by Crippen LogP contribution is -2.42. The Balaban J connectivity index is 1.40. The smallest absolute Gasteiger partial charge is 0.0781 e. The fraction of sp³-hybridized carbons (Fsp3) is 1.00. The first-order chi connectivity index (χ1) is 11.8. The van der Waals surface area contributed by atoms with E-state index in [1.54, 1.807) is 0 Å². The second-order valence-corrected chi connectivity index (χ2v) is 7.72. The van der Waals surface area contributed by atoms with Crippen molar-refractivity contribution in [3.8, 4) is 0 Å². The monoisotopic (exact) mass is 340 g/mol. The summed E-state index contributed by atoms with van der Waals surface area (Å²) in [7, 11) is 0. The van der Waals surface area contributed by atoms with Crippen LogP contribution >= 0.6 is 0 Å². The second-order valence-electron chi connectivity index (χ2n) is 7.72. The lowest BCUT2D eigenvalue weighted by Gasteiger charge is -2.34. The van der Waals surface area contributed by atoms with Crippen molar-refractivity contribution in [3.63, 3.8) is 0 Å². The van der Waals surface area contributed by atoms with Crippen LogP contribution in [-0.2, 0) is 14.2 Å². The van der Waals surface area contributed by atoms with E-state index in [0.717, 1.165) is 39.1 Å². The molecule has 7 atom stereocenters. The number of fused-ring (bicyclic) bond motifs is 4. The van der Waals surface area contributed by atoms with E-state index in [0.29, 0.717) is 49.8 Å². The molecule has 0 aromatic rings. The SMILES string of the molecule is C[C@@H]1COCCOC2CCC3NNC(C4CNN(CCO1)C4)C3C2. The maximum atomic E-state index is 6.11. The van der Waals surface area contributed by atoms with Gasteiger partial charge in [0.2, 0.25) is 0 Å². The Morgan fingerprint density at radius 2 is 2.00 bits per heavy atom. The van der Waals surface area contributed by atoms with Crippen molar-refractivity contribution in [1.82, 2.24) is 21.3 Å². The molecule has 3 heterocycles. The molecule has 7 nitrogen and oxygen atoms in total. The molecule has 0 aromatic heterocycles. The lowest BCUT2D eigenvalue weighted by molar-refractivity contribution is -0.0518. The van der Waals surface area contributed by atoms with E-state index >= 15 is 0 Å². The van der Waals surface area contributed by atoms with Gasteiger partial charge in [0.05, 0.1) is 38.6 Å². The first-order valence-electron chi connectivity index (χ1n) is 9.60. The summed E-state index contributed by atoms with van der Waals surface area (Å²) in [5.41, 5.74) is 10.7. The van der Waals surface area contributed by atoms with Gasteiger partial charge in [-0.1, -0.05) is 0 Å². The number of nitrogens with zero attached hydrogens (tertiary/aromatic N) is 1. The zero-order chi connectivity index (χ0) is 16.4. The summed E-state index contributed by atoms with van der Waals surface area (Å²) in [6.45, 7) is 7.88. The van der Waals surface area contributed by atoms with Gasteiger partial charge < -0.3 is 14.2 Å². The molecular formula is C17H32N4O3. The minimum atomic E-state index is 0.136. The van der Waals surface area contributed by atoms with E-state index in [-0.39, 0.29) is 6.10 Å². The summed E-state index contributed by atoms with van der Waals surface area (Å²) >= 11 is 0. The average molecular weight is 340 g/mol. The maximum absolute atomic E-state index is 6.11. The Bertz CT molecular complexity index is 413. The van der Waals surface area contributed by atoms with Crippen LogP contribution in [-0.4, -0.2) is 75.4 Å². The highest BCUT2D eigenvalue weighted by molar-refractivity contribution is 5.00. The zero-order valence-electron chi connectivity index (χ0n) is 14.7. The van der Waals surface area contributed by atoms with Crippen LogP contribution < -0.4 is 16.3 Å². The molecule has 0 amide bonds. The van der Waals surface area contributed by atoms with Crippen LogP contribution in [0.5, 0.6) is 0 Å². The highest BCUT2D eigenvalue weighted by Gasteiger charge is 2.45. The third-order valence-electron chi connectivity index (χ3n) is 5.99. The van der Waals surface area contributed by atoms with Crippen LogP contribution in [0, 0.1) is 11.8 Å². The van der Waals surface area contributed by atoms with Crippen LogP contribution in [0.3, 0.4) is 0 Å². The van der Waals surface area contributed by atoms with Crippen molar-refractivity contribution in [1.29, 1.82) is 0 Å². The zero-order valence-corrected chi connectivity index (χ0v) is 14.7. The number of hydrazine groups is 2. The Morgan fingerprint density at radius 3 is 2.96 bits per heavy atom. The molecule has 1 aliphatic carbocycles. The van der Waals surface area contributed by atoms with E-state index in [9.17, 15) is 0 Å². The molecule has 0 aromatic carbocycles. The molecule has 24 heavy (non-hydrogen) atoms. The number of hydrogen-bond donors (Lipinski definition) is 3. The van der Waals surface area contributed by atoms with E-state index < -0.39 is 0 Å². The molecule has 3 N–H and O–H groups in total. The van der Waals surface area contributed by atoms with Gasteiger partial charge in [0.1, 0.15) is 0 Å². The minimum absolute atomic E-state index is 0.136. The van der Waals surface area contributed by atoms with Crippen molar-refractivity contribution in [2.45, 2.75) is 50.5 Å². The van der Waals surface area contributed by atoms with Gasteiger partial charge in [0.25, 0.3) is 0 Å². The number of rotatable bonds is 0. The van der Waals surface area contributed by atoms with E-state index in [1.165, 1.54) is 6.42 Å². The lowest BCUT2D eigenvalue weighted by atomic mass is 9.76. The molecule has 3 saturated heterocycles. The Hall–Kier alpha value is -0.280. The molecule has 6 unspecified atom stereocenters. The van der Waals surface area contributed by atoms with Crippen molar-refractivity contribution in [2.75, 3.05) is 46.1 Å². The summed E-state index contributed by atoms with van der Waals surface area (Å²) in [5, 5.41) is 2.32. The first kappa shape index (κ1) is 17.1. The molecule has 138 valence electrons. The van der Waals surface area contributed by atoms with E-state index in [2.05, 4.69) is 28.2 Å². The molecular weight excluding hydrogens is 308 g/mol. The third kappa shape index (κ3) is 3.93. The first-order valence-corrected chi connectivity index (χ1v) is 9.60. The van der Waals surface area contributed by atoms with Crippen molar-refractivity contribution in [2.24, 2.45) is 11.8 Å². The van der Waals surface area contributed by atoms with Gasteiger partial charge in [-0.2, -0.15) is 0 Å². The highest BCUT2D eigenvalue weighted by Crippen LogP contribution is 2.35. The van der Waals surface area contributed by atoms with Crippen LogP contribution in [0.4, 0.5) is 0 Å². The summed E-state index contributed by atoms with van der Waals surface area (Å²) in [6, 6.07) is 1.13. The number of hydrogen-bond acceptors (Lipinski definition) is 7. The summed E-state index contributed by atoms with van der Waals surface area (Å²) in [6.07, 6.45) is 4.03. The third-order valence-corrected chi connectivity index (χ3v) is 5.99. The van der Waals surface area contributed by atoms with Crippen molar-refractivity contribution in [3.05, 3.63) is 0 Å². The molecule has 4 fully saturated rings. The van der Waals surface area contributed by atoms with Gasteiger partial charge in [-0.05, 0) is 32.1 Å². The van der Waals surface area contributed by atoms with Crippen molar-refractivity contribution >= 4 is 0 Å². The molecule has 4 rings (SSSR count). The van der Waals surface area contributed by atoms with Gasteiger partial charge in [-0.15, -0.1) is 0 Å².